The lowest BCUT2D eigenvalue weighted by molar-refractivity contribution is 1.18. The van der Waals surface area contributed by atoms with Crippen LogP contribution >= 0.6 is 11.3 Å². The van der Waals surface area contributed by atoms with E-state index in [1.165, 1.54) is 11.3 Å². The molecule has 0 aliphatic heterocycles. The van der Waals surface area contributed by atoms with Crippen molar-refractivity contribution in [3.05, 3.63) is 48.0 Å². The van der Waals surface area contributed by atoms with Gasteiger partial charge in [0.15, 0.2) is 5.82 Å². The van der Waals surface area contributed by atoms with Crippen molar-refractivity contribution in [1.29, 1.82) is 0 Å². The average Bonchev–Trinajstić information content (AvgIpc) is 3.00. The molecule has 23 heavy (non-hydrogen) atoms. The highest BCUT2D eigenvalue weighted by Crippen LogP contribution is 2.35. The number of anilines is 2. The van der Waals surface area contributed by atoms with Gasteiger partial charge in [0.05, 0.1) is 15.9 Å². The van der Waals surface area contributed by atoms with Gasteiger partial charge in [0, 0.05) is 17.1 Å². The summed E-state index contributed by atoms with van der Waals surface area (Å²) in [5.74, 6) is 1.41. The number of hydrogen-bond acceptors (Lipinski definition) is 7. The molecule has 0 amide bonds. The fraction of sp³-hybridized carbons (Fsp3) is 0. The number of nitrogens with two attached hydrogens (primary N) is 2. The number of nitrogen functional groups attached to an aromatic ring is 2. The fourth-order valence-electron chi connectivity index (χ4n) is 2.33. The van der Waals surface area contributed by atoms with E-state index < -0.39 is 0 Å². The van der Waals surface area contributed by atoms with Gasteiger partial charge in [0.25, 0.3) is 0 Å². The molecule has 0 saturated heterocycles. The number of nitrogens with zero attached hydrogens (tertiary/aromatic N) is 4. The monoisotopic (exact) mass is 320 g/mol. The number of aromatic nitrogens is 4. The summed E-state index contributed by atoms with van der Waals surface area (Å²) >= 11 is 1.49. The Hall–Kier alpha value is -3.06. The lowest BCUT2D eigenvalue weighted by Crippen LogP contribution is -1.98. The molecule has 0 atom stereocenters. The molecule has 0 radical (unpaired) electrons. The molecule has 0 fully saturated rings. The highest BCUT2D eigenvalue weighted by Gasteiger charge is 2.15. The fourth-order valence-corrected chi connectivity index (χ4v) is 3.23. The number of rotatable bonds is 2. The molecule has 4 N–H and O–H groups in total. The Bertz CT molecular complexity index is 996. The van der Waals surface area contributed by atoms with Gasteiger partial charge < -0.3 is 11.5 Å². The van der Waals surface area contributed by atoms with E-state index in [2.05, 4.69) is 19.9 Å². The summed E-state index contributed by atoms with van der Waals surface area (Å²) in [6, 6.07) is 11.1. The van der Waals surface area contributed by atoms with Crippen LogP contribution in [-0.4, -0.2) is 19.9 Å². The summed E-state index contributed by atoms with van der Waals surface area (Å²) in [6.07, 6.45) is 1.70. The van der Waals surface area contributed by atoms with Gasteiger partial charge in [0.1, 0.15) is 17.3 Å². The number of hydrogen-bond donors (Lipinski definition) is 2. The van der Waals surface area contributed by atoms with Gasteiger partial charge in [-0.1, -0.05) is 12.1 Å². The first-order valence-corrected chi connectivity index (χ1v) is 7.79. The van der Waals surface area contributed by atoms with Crippen LogP contribution in [0.1, 0.15) is 0 Å². The molecular formula is C16H12N6S. The van der Waals surface area contributed by atoms with E-state index in [0.717, 1.165) is 21.5 Å². The molecule has 7 heteroatoms. The lowest BCUT2D eigenvalue weighted by Gasteiger charge is -2.04. The van der Waals surface area contributed by atoms with Crippen molar-refractivity contribution in [2.75, 3.05) is 11.5 Å². The van der Waals surface area contributed by atoms with Crippen molar-refractivity contribution >= 4 is 33.2 Å². The van der Waals surface area contributed by atoms with E-state index >= 15 is 0 Å². The normalized spacial score (nSPS) is 11.0. The standard InChI is InChI=1S/C16H12N6S/c17-12-6-3-5-10(20-12)9-8-23-14-13(9)21-16(22-15(14)18)11-4-1-2-7-19-11/h1-8H,(H2,17,20)(H2,18,21,22). The molecule has 0 aliphatic carbocycles. The Morgan fingerprint density at radius 2 is 1.74 bits per heavy atom. The number of pyridine rings is 2. The Morgan fingerprint density at radius 1 is 0.870 bits per heavy atom. The van der Waals surface area contributed by atoms with E-state index in [-0.39, 0.29) is 0 Å². The maximum absolute atomic E-state index is 6.10. The number of thiophene rings is 1. The summed E-state index contributed by atoms with van der Waals surface area (Å²) in [5, 5.41) is 1.97. The SMILES string of the molecule is Nc1cccc(-c2csc3c(N)nc(-c4ccccn4)nc23)n1. The Labute approximate surface area is 135 Å². The Balaban J connectivity index is 1.96. The molecule has 0 bridgehead atoms. The molecule has 4 heterocycles. The third kappa shape index (κ3) is 2.36. The molecule has 112 valence electrons. The quantitative estimate of drug-likeness (QED) is 0.588. The largest absolute Gasteiger partial charge is 0.384 e. The minimum Gasteiger partial charge on any atom is -0.384 e. The van der Waals surface area contributed by atoms with Crippen LogP contribution in [0.2, 0.25) is 0 Å². The summed E-state index contributed by atoms with van der Waals surface area (Å²) in [7, 11) is 0. The van der Waals surface area contributed by atoms with Crippen molar-refractivity contribution < 1.29 is 0 Å². The van der Waals surface area contributed by atoms with Gasteiger partial charge in [0.2, 0.25) is 0 Å². The zero-order valence-corrected chi connectivity index (χ0v) is 12.8. The van der Waals surface area contributed by atoms with Crippen LogP contribution in [0.3, 0.4) is 0 Å². The molecular weight excluding hydrogens is 308 g/mol. The number of fused-ring (bicyclic) bond motifs is 1. The molecule has 4 rings (SSSR count). The maximum Gasteiger partial charge on any atom is 0.180 e. The van der Waals surface area contributed by atoms with E-state index in [1.807, 2.05) is 35.7 Å². The molecule has 0 aromatic carbocycles. The Kier molecular flexibility index (Phi) is 3.13. The van der Waals surface area contributed by atoms with E-state index in [1.54, 1.807) is 12.3 Å². The molecule has 0 spiro atoms. The smallest absolute Gasteiger partial charge is 0.180 e. The van der Waals surface area contributed by atoms with Gasteiger partial charge >= 0.3 is 0 Å². The van der Waals surface area contributed by atoms with Gasteiger partial charge in [-0.25, -0.2) is 15.0 Å². The second-order valence-electron chi connectivity index (χ2n) is 4.92. The molecule has 6 nitrogen and oxygen atoms in total. The summed E-state index contributed by atoms with van der Waals surface area (Å²) in [4.78, 5) is 17.7. The lowest BCUT2D eigenvalue weighted by atomic mass is 10.2. The van der Waals surface area contributed by atoms with E-state index in [9.17, 15) is 0 Å². The maximum atomic E-state index is 6.10. The zero-order chi connectivity index (χ0) is 15.8. The first-order chi connectivity index (χ1) is 11.2. The van der Waals surface area contributed by atoms with Crippen LogP contribution in [0, 0.1) is 0 Å². The predicted molar refractivity (Wildman–Crippen MR) is 92.7 cm³/mol. The van der Waals surface area contributed by atoms with Crippen LogP contribution in [-0.2, 0) is 0 Å². The highest BCUT2D eigenvalue weighted by atomic mass is 32.1. The topological polar surface area (TPSA) is 104 Å². The van der Waals surface area contributed by atoms with E-state index in [0.29, 0.717) is 23.2 Å². The van der Waals surface area contributed by atoms with Gasteiger partial charge in [-0.2, -0.15) is 0 Å². The summed E-state index contributed by atoms with van der Waals surface area (Å²) in [5.41, 5.74) is 15.0. The first-order valence-electron chi connectivity index (χ1n) is 6.91. The predicted octanol–water partition coefficient (Wildman–Crippen LogP) is 2.98. The molecule has 4 aromatic rings. The second-order valence-corrected chi connectivity index (χ2v) is 5.80. The Morgan fingerprint density at radius 3 is 2.52 bits per heavy atom. The van der Waals surface area contributed by atoms with Crippen LogP contribution in [0.5, 0.6) is 0 Å². The minimum absolute atomic E-state index is 0.441. The van der Waals surface area contributed by atoms with Crippen LogP contribution < -0.4 is 11.5 Å². The van der Waals surface area contributed by atoms with Crippen molar-refractivity contribution in [2.24, 2.45) is 0 Å². The van der Waals surface area contributed by atoms with Crippen LogP contribution in [0.4, 0.5) is 11.6 Å². The molecule has 0 unspecified atom stereocenters. The summed E-state index contributed by atoms with van der Waals surface area (Å²) in [6.45, 7) is 0. The average molecular weight is 320 g/mol. The molecule has 0 saturated carbocycles. The van der Waals surface area contributed by atoms with Crippen molar-refractivity contribution in [3.63, 3.8) is 0 Å². The third-order valence-corrected chi connectivity index (χ3v) is 4.37. The molecule has 4 aromatic heterocycles. The van der Waals surface area contributed by atoms with Gasteiger partial charge in [-0.3, -0.25) is 4.98 Å². The van der Waals surface area contributed by atoms with E-state index in [4.69, 9.17) is 11.5 Å². The van der Waals surface area contributed by atoms with Crippen LogP contribution in [0.25, 0.3) is 33.0 Å². The van der Waals surface area contributed by atoms with Gasteiger partial charge in [-0.15, -0.1) is 11.3 Å². The van der Waals surface area contributed by atoms with Crippen molar-refractivity contribution in [1.82, 2.24) is 19.9 Å². The first kappa shape index (κ1) is 13.6. The summed E-state index contributed by atoms with van der Waals surface area (Å²) < 4.78 is 0.837. The zero-order valence-electron chi connectivity index (χ0n) is 12.0. The van der Waals surface area contributed by atoms with Gasteiger partial charge in [-0.05, 0) is 24.3 Å². The van der Waals surface area contributed by atoms with Crippen molar-refractivity contribution in [2.45, 2.75) is 0 Å². The highest BCUT2D eigenvalue weighted by molar-refractivity contribution is 7.18. The second kappa shape index (κ2) is 5.29. The van der Waals surface area contributed by atoms with Crippen LogP contribution in [0.15, 0.2) is 48.0 Å². The third-order valence-electron chi connectivity index (χ3n) is 3.38. The minimum atomic E-state index is 0.441. The molecule has 0 aliphatic rings. The van der Waals surface area contributed by atoms with Crippen molar-refractivity contribution in [3.8, 4) is 22.8 Å².